The van der Waals surface area contributed by atoms with Crippen molar-refractivity contribution in [1.29, 1.82) is 0 Å². The largest absolute Gasteiger partial charge is 0.340 e. The third-order valence-electron chi connectivity index (χ3n) is 5.99. The van der Waals surface area contributed by atoms with Crippen LogP contribution in [-0.2, 0) is 11.2 Å². The lowest BCUT2D eigenvalue weighted by Gasteiger charge is -2.31. The fourth-order valence-electron chi connectivity index (χ4n) is 4.41. The molecule has 3 heteroatoms. The zero-order valence-electron chi connectivity index (χ0n) is 15.0. The fourth-order valence-corrected chi connectivity index (χ4v) is 4.41. The zero-order valence-corrected chi connectivity index (χ0v) is 15.0. The first-order chi connectivity index (χ1) is 11.7. The van der Waals surface area contributed by atoms with E-state index in [4.69, 9.17) is 0 Å². The van der Waals surface area contributed by atoms with Crippen LogP contribution in [0, 0.1) is 11.8 Å². The second-order valence-electron chi connectivity index (χ2n) is 7.68. The van der Waals surface area contributed by atoms with Gasteiger partial charge in [-0.1, -0.05) is 37.3 Å². The molecule has 0 aliphatic carbocycles. The molecule has 1 aromatic rings. The van der Waals surface area contributed by atoms with Gasteiger partial charge in [-0.2, -0.15) is 0 Å². The summed E-state index contributed by atoms with van der Waals surface area (Å²) in [5, 5.41) is 3.42. The molecule has 1 N–H and O–H groups in total. The van der Waals surface area contributed by atoms with Gasteiger partial charge in [-0.05, 0) is 69.0 Å². The average molecular weight is 329 g/mol. The van der Waals surface area contributed by atoms with Crippen molar-refractivity contribution in [3.05, 3.63) is 35.9 Å². The molecule has 3 nitrogen and oxygen atoms in total. The first-order valence-corrected chi connectivity index (χ1v) is 9.78. The molecular formula is C21H32N2O. The lowest BCUT2D eigenvalue weighted by molar-refractivity contribution is -0.133. The maximum Gasteiger partial charge on any atom is 0.223 e. The Balaban J connectivity index is 1.49. The molecule has 0 radical (unpaired) electrons. The van der Waals surface area contributed by atoms with Crippen LogP contribution in [0.15, 0.2) is 30.3 Å². The van der Waals surface area contributed by atoms with E-state index >= 15 is 0 Å². The summed E-state index contributed by atoms with van der Waals surface area (Å²) >= 11 is 0. The summed E-state index contributed by atoms with van der Waals surface area (Å²) in [6.07, 6.45) is 7.74. The molecule has 3 rings (SSSR count). The van der Waals surface area contributed by atoms with Crippen LogP contribution >= 0.6 is 0 Å². The van der Waals surface area contributed by atoms with Crippen LogP contribution in [-0.4, -0.2) is 36.5 Å². The van der Waals surface area contributed by atoms with E-state index in [-0.39, 0.29) is 0 Å². The molecular weight excluding hydrogens is 296 g/mol. The first kappa shape index (κ1) is 17.5. The van der Waals surface area contributed by atoms with Crippen molar-refractivity contribution in [3.8, 4) is 0 Å². The number of piperidine rings is 1. The van der Waals surface area contributed by atoms with Gasteiger partial charge in [0, 0.05) is 19.0 Å². The smallest absolute Gasteiger partial charge is 0.223 e. The van der Waals surface area contributed by atoms with Crippen LogP contribution in [0.5, 0.6) is 0 Å². The number of nitrogens with zero attached hydrogens (tertiary/aromatic N) is 1. The first-order valence-electron chi connectivity index (χ1n) is 9.78. The van der Waals surface area contributed by atoms with Crippen molar-refractivity contribution < 1.29 is 4.79 Å². The SMILES string of the molecule is CC(CC(=O)N1CCCC1CCc1ccccc1)C1CCNCC1. The molecule has 1 aromatic carbocycles. The van der Waals surface area contributed by atoms with Gasteiger partial charge < -0.3 is 10.2 Å². The monoisotopic (exact) mass is 328 g/mol. The van der Waals surface area contributed by atoms with Crippen LogP contribution < -0.4 is 5.32 Å². The molecule has 132 valence electrons. The second kappa shape index (κ2) is 8.66. The maximum absolute atomic E-state index is 12.8. The van der Waals surface area contributed by atoms with E-state index < -0.39 is 0 Å². The third-order valence-corrected chi connectivity index (χ3v) is 5.99. The van der Waals surface area contributed by atoms with Crippen LogP contribution in [0.1, 0.15) is 51.0 Å². The topological polar surface area (TPSA) is 32.3 Å². The Kier molecular flexibility index (Phi) is 6.30. The number of aryl methyl sites for hydroxylation is 1. The Morgan fingerprint density at radius 3 is 2.71 bits per heavy atom. The minimum Gasteiger partial charge on any atom is -0.340 e. The molecule has 0 aromatic heterocycles. The van der Waals surface area contributed by atoms with Gasteiger partial charge in [-0.3, -0.25) is 4.79 Å². The third kappa shape index (κ3) is 4.60. The quantitative estimate of drug-likeness (QED) is 0.865. The summed E-state index contributed by atoms with van der Waals surface area (Å²) < 4.78 is 0. The standard InChI is InChI=1S/C21H32N2O/c1-17(19-11-13-22-14-12-19)16-21(24)23-15-5-8-20(23)10-9-18-6-3-2-4-7-18/h2-4,6-7,17,19-20,22H,5,8-16H2,1H3. The fraction of sp³-hybridized carbons (Fsp3) is 0.667. The summed E-state index contributed by atoms with van der Waals surface area (Å²) in [5.41, 5.74) is 1.39. The van der Waals surface area contributed by atoms with Gasteiger partial charge in [0.1, 0.15) is 0 Å². The number of amides is 1. The molecule has 2 atom stereocenters. The number of carbonyl (C=O) groups excluding carboxylic acids is 1. The van der Waals surface area contributed by atoms with E-state index in [1.165, 1.54) is 31.2 Å². The van der Waals surface area contributed by atoms with Crippen molar-refractivity contribution in [3.63, 3.8) is 0 Å². The predicted octanol–water partition coefficient (Wildman–Crippen LogP) is 3.64. The summed E-state index contributed by atoms with van der Waals surface area (Å²) in [4.78, 5) is 15.0. The number of hydrogen-bond donors (Lipinski definition) is 1. The molecule has 2 aliphatic heterocycles. The number of likely N-dealkylation sites (tertiary alicyclic amines) is 1. The Hall–Kier alpha value is -1.35. The summed E-state index contributed by atoms with van der Waals surface area (Å²) in [6.45, 7) is 5.49. The molecule has 0 bridgehead atoms. The average Bonchev–Trinajstić information content (AvgIpc) is 3.10. The summed E-state index contributed by atoms with van der Waals surface area (Å²) in [6, 6.07) is 11.1. The van der Waals surface area contributed by atoms with Crippen LogP contribution in [0.25, 0.3) is 0 Å². The molecule has 2 fully saturated rings. The Morgan fingerprint density at radius 1 is 1.21 bits per heavy atom. The maximum atomic E-state index is 12.8. The number of benzene rings is 1. The minimum atomic E-state index is 0.400. The van der Waals surface area contributed by atoms with Crippen LogP contribution in [0.2, 0.25) is 0 Å². The molecule has 1 amide bonds. The Bertz CT molecular complexity index is 510. The molecule has 2 heterocycles. The summed E-state index contributed by atoms with van der Waals surface area (Å²) in [7, 11) is 0. The van der Waals surface area contributed by atoms with Crippen molar-refractivity contribution >= 4 is 5.91 Å². The highest BCUT2D eigenvalue weighted by Crippen LogP contribution is 2.28. The Labute approximate surface area is 146 Å². The number of rotatable bonds is 6. The number of carbonyl (C=O) groups is 1. The van der Waals surface area contributed by atoms with Crippen LogP contribution in [0.4, 0.5) is 0 Å². The van der Waals surface area contributed by atoms with Crippen molar-refractivity contribution in [2.24, 2.45) is 11.8 Å². The molecule has 2 aliphatic rings. The van der Waals surface area contributed by atoms with E-state index in [2.05, 4.69) is 47.5 Å². The normalized spacial score (nSPS) is 23.4. The van der Waals surface area contributed by atoms with E-state index in [1.54, 1.807) is 0 Å². The van der Waals surface area contributed by atoms with Gasteiger partial charge >= 0.3 is 0 Å². The van der Waals surface area contributed by atoms with E-state index in [9.17, 15) is 4.79 Å². The van der Waals surface area contributed by atoms with Gasteiger partial charge in [0.05, 0.1) is 0 Å². The number of nitrogens with one attached hydrogen (secondary N) is 1. The molecule has 0 saturated carbocycles. The lowest BCUT2D eigenvalue weighted by atomic mass is 9.84. The second-order valence-corrected chi connectivity index (χ2v) is 7.68. The highest BCUT2D eigenvalue weighted by Gasteiger charge is 2.30. The number of hydrogen-bond acceptors (Lipinski definition) is 2. The van der Waals surface area contributed by atoms with E-state index in [1.807, 2.05) is 0 Å². The van der Waals surface area contributed by atoms with Crippen LogP contribution in [0.3, 0.4) is 0 Å². The van der Waals surface area contributed by atoms with E-state index in [0.717, 1.165) is 44.8 Å². The van der Waals surface area contributed by atoms with Crippen molar-refractivity contribution in [1.82, 2.24) is 10.2 Å². The predicted molar refractivity (Wildman–Crippen MR) is 98.9 cm³/mol. The Morgan fingerprint density at radius 2 is 1.96 bits per heavy atom. The lowest BCUT2D eigenvalue weighted by Crippen LogP contribution is -2.38. The highest BCUT2D eigenvalue weighted by molar-refractivity contribution is 5.77. The van der Waals surface area contributed by atoms with Crippen molar-refractivity contribution in [2.75, 3.05) is 19.6 Å². The molecule has 2 unspecified atom stereocenters. The molecule has 2 saturated heterocycles. The van der Waals surface area contributed by atoms with Gasteiger partial charge in [-0.25, -0.2) is 0 Å². The zero-order chi connectivity index (χ0) is 16.8. The van der Waals surface area contributed by atoms with E-state index in [0.29, 0.717) is 17.9 Å². The molecule has 0 spiro atoms. The van der Waals surface area contributed by atoms with Gasteiger partial charge in [0.2, 0.25) is 5.91 Å². The van der Waals surface area contributed by atoms with Gasteiger partial charge in [-0.15, -0.1) is 0 Å². The van der Waals surface area contributed by atoms with Gasteiger partial charge in [0.25, 0.3) is 0 Å². The summed E-state index contributed by atoms with van der Waals surface area (Å²) in [5.74, 6) is 1.65. The van der Waals surface area contributed by atoms with Gasteiger partial charge in [0.15, 0.2) is 0 Å². The van der Waals surface area contributed by atoms with Crippen molar-refractivity contribution in [2.45, 2.75) is 57.9 Å². The molecule has 24 heavy (non-hydrogen) atoms. The highest BCUT2D eigenvalue weighted by atomic mass is 16.2. The minimum absolute atomic E-state index is 0.400.